The van der Waals surface area contributed by atoms with Crippen LogP contribution in [-0.4, -0.2) is 11.1 Å². The van der Waals surface area contributed by atoms with Crippen molar-refractivity contribution in [3.8, 4) is 0 Å². The molecule has 0 radical (unpaired) electrons. The highest BCUT2D eigenvalue weighted by Gasteiger charge is 2.12. The summed E-state index contributed by atoms with van der Waals surface area (Å²) in [6.45, 7) is 6.58. The summed E-state index contributed by atoms with van der Waals surface area (Å²) in [6.07, 6.45) is 16.8. The van der Waals surface area contributed by atoms with E-state index in [9.17, 15) is 9.90 Å². The molecular formula is C18H32O2. The molecule has 2 atom stereocenters. The Bertz CT molecular complexity index is 292. The molecule has 0 aromatic heterocycles. The highest BCUT2D eigenvalue weighted by atomic mass is 16.4. The molecule has 0 aliphatic heterocycles. The van der Waals surface area contributed by atoms with Crippen LogP contribution in [0.4, 0.5) is 0 Å². The molecule has 0 saturated heterocycles. The summed E-state index contributed by atoms with van der Waals surface area (Å²) in [6, 6.07) is 0. The van der Waals surface area contributed by atoms with Gasteiger partial charge in [0.1, 0.15) is 0 Å². The van der Waals surface area contributed by atoms with Crippen LogP contribution in [0.15, 0.2) is 24.3 Å². The Morgan fingerprint density at radius 2 is 1.70 bits per heavy atom. The van der Waals surface area contributed by atoms with Crippen molar-refractivity contribution in [2.45, 2.75) is 72.1 Å². The van der Waals surface area contributed by atoms with Crippen molar-refractivity contribution in [2.24, 2.45) is 11.8 Å². The molecule has 0 aromatic rings. The van der Waals surface area contributed by atoms with Crippen molar-refractivity contribution in [3.05, 3.63) is 24.3 Å². The molecule has 0 spiro atoms. The normalized spacial score (nSPS) is 14.9. The third kappa shape index (κ3) is 10.8. The average molecular weight is 280 g/mol. The quantitative estimate of drug-likeness (QED) is 0.373. The van der Waals surface area contributed by atoms with Gasteiger partial charge in [-0.2, -0.15) is 0 Å². The Morgan fingerprint density at radius 3 is 2.30 bits per heavy atom. The molecule has 116 valence electrons. The minimum Gasteiger partial charge on any atom is -0.481 e. The third-order valence-electron chi connectivity index (χ3n) is 3.54. The van der Waals surface area contributed by atoms with Crippen molar-refractivity contribution in [2.75, 3.05) is 0 Å². The van der Waals surface area contributed by atoms with E-state index in [1.54, 1.807) is 0 Å². The Labute approximate surface area is 125 Å². The molecule has 2 unspecified atom stereocenters. The van der Waals surface area contributed by atoms with Crippen LogP contribution in [-0.2, 0) is 4.79 Å². The predicted octanol–water partition coefficient (Wildman–Crippen LogP) is 5.60. The number of aliphatic carboxylic acids is 1. The van der Waals surface area contributed by atoms with Gasteiger partial charge in [0.2, 0.25) is 0 Å². The van der Waals surface area contributed by atoms with Crippen LogP contribution in [0.3, 0.4) is 0 Å². The lowest BCUT2D eigenvalue weighted by Crippen LogP contribution is -2.10. The summed E-state index contributed by atoms with van der Waals surface area (Å²) in [5.41, 5.74) is 0. The fraction of sp³-hybridized carbons (Fsp3) is 0.722. The molecule has 0 aromatic carbocycles. The summed E-state index contributed by atoms with van der Waals surface area (Å²) in [4.78, 5) is 11.2. The maximum Gasteiger partial charge on any atom is 0.310 e. The maximum absolute atomic E-state index is 11.2. The van der Waals surface area contributed by atoms with Crippen molar-refractivity contribution >= 4 is 5.97 Å². The number of hydrogen-bond acceptors (Lipinski definition) is 1. The largest absolute Gasteiger partial charge is 0.481 e. The molecule has 0 fully saturated rings. The number of carbonyl (C=O) groups is 1. The second kappa shape index (κ2) is 13.0. The molecule has 1 N–H and O–H groups in total. The smallest absolute Gasteiger partial charge is 0.310 e. The molecule has 20 heavy (non-hydrogen) atoms. The zero-order valence-corrected chi connectivity index (χ0v) is 13.5. The van der Waals surface area contributed by atoms with Crippen LogP contribution in [0, 0.1) is 11.8 Å². The molecule has 0 amide bonds. The molecule has 0 aliphatic rings. The van der Waals surface area contributed by atoms with Gasteiger partial charge in [-0.15, -0.1) is 0 Å². The molecule has 0 heterocycles. The van der Waals surface area contributed by atoms with Gasteiger partial charge in [-0.25, -0.2) is 0 Å². The Hall–Kier alpha value is -1.05. The highest BCUT2D eigenvalue weighted by molar-refractivity contribution is 5.72. The monoisotopic (exact) mass is 280 g/mol. The fourth-order valence-corrected chi connectivity index (χ4v) is 2.28. The van der Waals surface area contributed by atoms with Gasteiger partial charge in [0.15, 0.2) is 0 Å². The van der Waals surface area contributed by atoms with Gasteiger partial charge in [-0.1, -0.05) is 77.2 Å². The van der Waals surface area contributed by atoms with E-state index in [0.717, 1.165) is 25.7 Å². The number of allylic oxidation sites excluding steroid dienone is 3. The van der Waals surface area contributed by atoms with Crippen molar-refractivity contribution in [1.29, 1.82) is 0 Å². The summed E-state index contributed by atoms with van der Waals surface area (Å²) in [5.74, 6) is -0.382. The lowest BCUT2D eigenvalue weighted by atomic mass is 10.00. The SMILES string of the molecule is CCCCCCC(/C=C/C/C=C/C(C)CCC)C(=O)O. The van der Waals surface area contributed by atoms with E-state index in [-0.39, 0.29) is 5.92 Å². The first-order valence-corrected chi connectivity index (χ1v) is 8.17. The molecule has 0 aliphatic carbocycles. The first-order chi connectivity index (χ1) is 9.61. The van der Waals surface area contributed by atoms with Crippen molar-refractivity contribution in [1.82, 2.24) is 0 Å². The molecule has 0 bridgehead atoms. The van der Waals surface area contributed by atoms with Gasteiger partial charge in [0.25, 0.3) is 0 Å². The second-order valence-corrected chi connectivity index (χ2v) is 5.65. The molecule has 2 nitrogen and oxygen atoms in total. The Kier molecular flexibility index (Phi) is 12.3. The lowest BCUT2D eigenvalue weighted by molar-refractivity contribution is -0.140. The molecular weight excluding hydrogens is 248 g/mol. The summed E-state index contributed by atoms with van der Waals surface area (Å²) in [5, 5.41) is 9.18. The van der Waals surface area contributed by atoms with Crippen LogP contribution in [0.5, 0.6) is 0 Å². The minimum atomic E-state index is -0.693. The van der Waals surface area contributed by atoms with E-state index in [0.29, 0.717) is 5.92 Å². The first-order valence-electron chi connectivity index (χ1n) is 8.17. The van der Waals surface area contributed by atoms with Gasteiger partial charge in [-0.05, 0) is 25.2 Å². The van der Waals surface area contributed by atoms with Crippen molar-refractivity contribution in [3.63, 3.8) is 0 Å². The fourth-order valence-electron chi connectivity index (χ4n) is 2.28. The number of carboxylic acid groups (broad SMARTS) is 1. The van der Waals surface area contributed by atoms with E-state index in [1.807, 2.05) is 12.2 Å². The topological polar surface area (TPSA) is 37.3 Å². The summed E-state index contributed by atoms with van der Waals surface area (Å²) < 4.78 is 0. The summed E-state index contributed by atoms with van der Waals surface area (Å²) in [7, 11) is 0. The second-order valence-electron chi connectivity index (χ2n) is 5.65. The third-order valence-corrected chi connectivity index (χ3v) is 3.54. The Balaban J connectivity index is 3.99. The van der Waals surface area contributed by atoms with Gasteiger partial charge in [0, 0.05) is 0 Å². The van der Waals surface area contributed by atoms with Crippen LogP contribution >= 0.6 is 0 Å². The maximum atomic E-state index is 11.2. The van der Waals surface area contributed by atoms with Crippen LogP contribution in [0.25, 0.3) is 0 Å². The molecule has 0 saturated carbocycles. The lowest BCUT2D eigenvalue weighted by Gasteiger charge is -2.06. The zero-order valence-electron chi connectivity index (χ0n) is 13.5. The highest BCUT2D eigenvalue weighted by Crippen LogP contribution is 2.13. The van der Waals surface area contributed by atoms with Crippen LogP contribution < -0.4 is 0 Å². The van der Waals surface area contributed by atoms with E-state index in [2.05, 4.69) is 32.9 Å². The molecule has 2 heteroatoms. The number of carboxylic acids is 1. The predicted molar refractivity (Wildman–Crippen MR) is 86.9 cm³/mol. The molecule has 0 rings (SSSR count). The zero-order chi connectivity index (χ0) is 15.2. The van der Waals surface area contributed by atoms with Gasteiger partial charge < -0.3 is 5.11 Å². The standard InChI is InChI=1S/C18H32O2/c1-4-6-7-10-14-17(18(19)20)15-11-8-9-13-16(3)12-5-2/h9,11,13,15-17H,4-8,10,12,14H2,1-3H3,(H,19,20)/b13-9+,15-11+. The van der Waals surface area contributed by atoms with Gasteiger partial charge in [0.05, 0.1) is 5.92 Å². The van der Waals surface area contributed by atoms with E-state index < -0.39 is 5.97 Å². The van der Waals surface area contributed by atoms with E-state index in [1.165, 1.54) is 25.7 Å². The number of rotatable bonds is 12. The number of unbranched alkanes of at least 4 members (excludes halogenated alkanes) is 3. The van der Waals surface area contributed by atoms with Gasteiger partial charge in [-0.3, -0.25) is 4.79 Å². The van der Waals surface area contributed by atoms with E-state index >= 15 is 0 Å². The van der Waals surface area contributed by atoms with Gasteiger partial charge >= 0.3 is 5.97 Å². The first kappa shape index (κ1) is 18.9. The van der Waals surface area contributed by atoms with Crippen LogP contribution in [0.1, 0.15) is 72.1 Å². The Morgan fingerprint density at radius 1 is 1.00 bits per heavy atom. The van der Waals surface area contributed by atoms with Crippen LogP contribution in [0.2, 0.25) is 0 Å². The number of hydrogen-bond donors (Lipinski definition) is 1. The van der Waals surface area contributed by atoms with Crippen molar-refractivity contribution < 1.29 is 9.90 Å². The minimum absolute atomic E-state index is 0.312. The van der Waals surface area contributed by atoms with E-state index in [4.69, 9.17) is 0 Å². The average Bonchev–Trinajstić information content (AvgIpc) is 2.40. The summed E-state index contributed by atoms with van der Waals surface area (Å²) >= 11 is 0.